The lowest BCUT2D eigenvalue weighted by molar-refractivity contribution is 0.0156. The smallest absolute Gasteiger partial charge is 0.130 e. The number of nitrogens with zero attached hydrogens (tertiary/aromatic N) is 2. The first-order chi connectivity index (χ1) is 7.38. The molecule has 1 unspecified atom stereocenters. The van der Waals surface area contributed by atoms with Crippen LogP contribution in [-0.2, 0) is 17.8 Å². The zero-order valence-corrected chi connectivity index (χ0v) is 8.72. The highest BCUT2D eigenvalue weighted by molar-refractivity contribution is 5.04. The molecule has 1 aliphatic heterocycles. The number of aliphatic hydroxyl groups excluding tert-OH is 1. The molecule has 4 nitrogen and oxygen atoms in total. The highest BCUT2D eigenvalue weighted by Crippen LogP contribution is 2.15. The van der Waals surface area contributed by atoms with Crippen LogP contribution < -0.4 is 0 Å². The number of hydrogen-bond acceptors (Lipinski definition) is 4. The van der Waals surface area contributed by atoms with Crippen molar-refractivity contribution in [3.05, 3.63) is 23.8 Å². The van der Waals surface area contributed by atoms with Gasteiger partial charge in [0.2, 0.25) is 0 Å². The Morgan fingerprint density at radius 2 is 2.13 bits per heavy atom. The van der Waals surface area contributed by atoms with E-state index in [0.717, 1.165) is 30.8 Å². The second-order valence-electron chi connectivity index (χ2n) is 3.86. The molecule has 0 saturated carbocycles. The van der Waals surface area contributed by atoms with Gasteiger partial charge in [-0.15, -0.1) is 0 Å². The summed E-state index contributed by atoms with van der Waals surface area (Å²) in [5.41, 5.74) is 0.753. The molecule has 1 aromatic rings. The normalized spacial score (nSPS) is 21.5. The lowest BCUT2D eigenvalue weighted by atomic mass is 10.1. The van der Waals surface area contributed by atoms with Crippen molar-refractivity contribution in [2.45, 2.75) is 38.4 Å². The average Bonchev–Trinajstić information content (AvgIpc) is 2.31. The van der Waals surface area contributed by atoms with Crippen molar-refractivity contribution in [1.29, 1.82) is 0 Å². The highest BCUT2D eigenvalue weighted by atomic mass is 16.5. The monoisotopic (exact) mass is 208 g/mol. The molecule has 15 heavy (non-hydrogen) atoms. The average molecular weight is 208 g/mol. The summed E-state index contributed by atoms with van der Waals surface area (Å²) in [4.78, 5) is 8.39. The van der Waals surface area contributed by atoms with Crippen molar-refractivity contribution in [3.8, 4) is 0 Å². The summed E-state index contributed by atoms with van der Waals surface area (Å²) in [5.74, 6) is 0.805. The van der Waals surface area contributed by atoms with Crippen LogP contribution in [0.15, 0.2) is 12.4 Å². The maximum absolute atomic E-state index is 8.85. The molecule has 82 valence electrons. The van der Waals surface area contributed by atoms with Gasteiger partial charge in [0.15, 0.2) is 0 Å². The van der Waals surface area contributed by atoms with E-state index in [1.807, 2.05) is 0 Å². The Morgan fingerprint density at radius 3 is 2.73 bits per heavy atom. The largest absolute Gasteiger partial charge is 0.392 e. The molecule has 2 heterocycles. The molecule has 2 rings (SSSR count). The molecule has 0 aliphatic carbocycles. The van der Waals surface area contributed by atoms with E-state index in [4.69, 9.17) is 9.84 Å². The first-order valence-electron chi connectivity index (χ1n) is 5.41. The maximum Gasteiger partial charge on any atom is 0.130 e. The van der Waals surface area contributed by atoms with Crippen molar-refractivity contribution < 1.29 is 9.84 Å². The summed E-state index contributed by atoms with van der Waals surface area (Å²) in [6.45, 7) is 0.861. The summed E-state index contributed by atoms with van der Waals surface area (Å²) in [7, 11) is 0. The fraction of sp³-hybridized carbons (Fsp3) is 0.636. The van der Waals surface area contributed by atoms with E-state index in [1.54, 1.807) is 12.4 Å². The highest BCUT2D eigenvalue weighted by Gasteiger charge is 2.15. The van der Waals surface area contributed by atoms with Crippen molar-refractivity contribution in [3.63, 3.8) is 0 Å². The third-order valence-corrected chi connectivity index (χ3v) is 2.63. The van der Waals surface area contributed by atoms with Gasteiger partial charge in [-0.05, 0) is 19.3 Å². The first-order valence-corrected chi connectivity index (χ1v) is 5.41. The second kappa shape index (κ2) is 5.19. The molecule has 0 aromatic carbocycles. The summed E-state index contributed by atoms with van der Waals surface area (Å²) < 4.78 is 5.61. The molecule has 1 saturated heterocycles. The van der Waals surface area contributed by atoms with Crippen molar-refractivity contribution in [1.82, 2.24) is 9.97 Å². The lowest BCUT2D eigenvalue weighted by Gasteiger charge is -2.21. The van der Waals surface area contributed by atoms with E-state index < -0.39 is 0 Å². The van der Waals surface area contributed by atoms with Gasteiger partial charge in [0, 0.05) is 31.0 Å². The summed E-state index contributed by atoms with van der Waals surface area (Å²) in [5, 5.41) is 8.85. The van der Waals surface area contributed by atoms with Crippen LogP contribution in [0.3, 0.4) is 0 Å². The summed E-state index contributed by atoms with van der Waals surface area (Å²) >= 11 is 0. The SMILES string of the molecule is OCc1cnc(CC2CCCCO2)nc1. The molecule has 1 fully saturated rings. The van der Waals surface area contributed by atoms with Crippen LogP contribution in [0.25, 0.3) is 0 Å². The fourth-order valence-electron chi connectivity index (χ4n) is 1.74. The molecule has 0 spiro atoms. The van der Waals surface area contributed by atoms with Gasteiger partial charge in [-0.2, -0.15) is 0 Å². The van der Waals surface area contributed by atoms with Crippen molar-refractivity contribution in [2.24, 2.45) is 0 Å². The quantitative estimate of drug-likeness (QED) is 0.807. The lowest BCUT2D eigenvalue weighted by Crippen LogP contribution is -2.22. The van der Waals surface area contributed by atoms with Gasteiger partial charge in [0.25, 0.3) is 0 Å². The van der Waals surface area contributed by atoms with Gasteiger partial charge in [-0.3, -0.25) is 0 Å². The van der Waals surface area contributed by atoms with Crippen LogP contribution in [0.4, 0.5) is 0 Å². The Hall–Kier alpha value is -1.00. The van der Waals surface area contributed by atoms with Gasteiger partial charge < -0.3 is 9.84 Å². The standard InChI is InChI=1S/C11H16N2O2/c14-8-9-6-12-11(13-7-9)5-10-3-1-2-4-15-10/h6-7,10,14H,1-5,8H2. The Balaban J connectivity index is 1.91. The molecular weight excluding hydrogens is 192 g/mol. The van der Waals surface area contributed by atoms with Gasteiger partial charge in [0.05, 0.1) is 12.7 Å². The fourth-order valence-corrected chi connectivity index (χ4v) is 1.74. The predicted octanol–water partition coefficient (Wildman–Crippen LogP) is 1.08. The molecule has 1 N–H and O–H groups in total. The van der Waals surface area contributed by atoms with Crippen LogP contribution >= 0.6 is 0 Å². The van der Waals surface area contributed by atoms with Gasteiger partial charge in [0.1, 0.15) is 5.82 Å². The maximum atomic E-state index is 8.85. The summed E-state index contributed by atoms with van der Waals surface area (Å²) in [6, 6.07) is 0. The van der Waals surface area contributed by atoms with Gasteiger partial charge in [-0.25, -0.2) is 9.97 Å². The van der Waals surface area contributed by atoms with Gasteiger partial charge in [-0.1, -0.05) is 0 Å². The molecule has 4 heteroatoms. The van der Waals surface area contributed by atoms with E-state index in [0.29, 0.717) is 0 Å². The molecule has 1 aliphatic rings. The van der Waals surface area contributed by atoms with Crippen molar-refractivity contribution >= 4 is 0 Å². The minimum absolute atomic E-state index is 0.000207. The second-order valence-corrected chi connectivity index (χ2v) is 3.86. The Kier molecular flexibility index (Phi) is 3.64. The van der Waals surface area contributed by atoms with Crippen LogP contribution in [0.1, 0.15) is 30.7 Å². The minimum atomic E-state index is 0.000207. The number of hydrogen-bond donors (Lipinski definition) is 1. The van der Waals surface area contributed by atoms with Gasteiger partial charge >= 0.3 is 0 Å². The molecule has 1 aromatic heterocycles. The number of aromatic nitrogens is 2. The van der Waals surface area contributed by atoms with Crippen LogP contribution in [0.2, 0.25) is 0 Å². The zero-order chi connectivity index (χ0) is 10.5. The number of aliphatic hydroxyl groups is 1. The molecule has 0 bridgehead atoms. The zero-order valence-electron chi connectivity index (χ0n) is 8.72. The Bertz CT molecular complexity index is 294. The van der Waals surface area contributed by atoms with E-state index >= 15 is 0 Å². The molecule has 1 atom stereocenters. The summed E-state index contributed by atoms with van der Waals surface area (Å²) in [6.07, 6.45) is 7.91. The molecular formula is C11H16N2O2. The molecule has 0 amide bonds. The predicted molar refractivity (Wildman–Crippen MR) is 55.2 cm³/mol. The van der Waals surface area contributed by atoms with E-state index in [1.165, 1.54) is 12.8 Å². The third kappa shape index (κ3) is 2.97. The Morgan fingerprint density at radius 1 is 1.33 bits per heavy atom. The molecule has 0 radical (unpaired) electrons. The van der Waals surface area contributed by atoms with Crippen LogP contribution in [0, 0.1) is 0 Å². The third-order valence-electron chi connectivity index (χ3n) is 2.63. The number of rotatable bonds is 3. The van der Waals surface area contributed by atoms with E-state index in [9.17, 15) is 0 Å². The van der Waals surface area contributed by atoms with Crippen LogP contribution in [0.5, 0.6) is 0 Å². The van der Waals surface area contributed by atoms with Crippen LogP contribution in [-0.4, -0.2) is 27.8 Å². The number of ether oxygens (including phenoxy) is 1. The Labute approximate surface area is 89.3 Å². The van der Waals surface area contributed by atoms with Crippen molar-refractivity contribution in [2.75, 3.05) is 6.61 Å². The first kappa shape index (κ1) is 10.5. The van der Waals surface area contributed by atoms with E-state index in [2.05, 4.69) is 9.97 Å². The topological polar surface area (TPSA) is 55.2 Å². The van der Waals surface area contributed by atoms with E-state index in [-0.39, 0.29) is 12.7 Å². The minimum Gasteiger partial charge on any atom is -0.392 e.